The van der Waals surface area contributed by atoms with Crippen LogP contribution in [0.15, 0.2) is 37.1 Å². The van der Waals surface area contributed by atoms with Crippen LogP contribution in [0.2, 0.25) is 30.7 Å². The van der Waals surface area contributed by atoms with E-state index in [1.807, 2.05) is 6.20 Å². The first kappa shape index (κ1) is 18.6. The van der Waals surface area contributed by atoms with Crippen molar-refractivity contribution in [1.29, 1.82) is 0 Å². The molecule has 3 rings (SSSR count). The fraction of sp³-hybridized carbons (Fsp3) is 0.353. The highest BCUT2D eigenvalue weighted by molar-refractivity contribution is 6.76. The molecule has 0 fully saturated rings. The van der Waals surface area contributed by atoms with Crippen LogP contribution in [0, 0.1) is 0 Å². The van der Waals surface area contributed by atoms with E-state index in [0.717, 1.165) is 28.9 Å². The Bertz CT molecular complexity index is 771. The quantitative estimate of drug-likeness (QED) is 0.686. The van der Waals surface area contributed by atoms with Crippen molar-refractivity contribution in [3.8, 4) is 11.3 Å². The van der Waals surface area contributed by atoms with E-state index in [-0.39, 0.29) is 0 Å². The lowest BCUT2D eigenvalue weighted by molar-refractivity contribution is 0.214. The zero-order valence-electron chi connectivity index (χ0n) is 14.5. The van der Waals surface area contributed by atoms with Crippen LogP contribution >= 0.6 is 11.6 Å². The summed E-state index contributed by atoms with van der Waals surface area (Å²) in [6.07, 6.45) is 8.50. The number of methoxy groups -OCH3 is 1. The molecule has 0 aliphatic heterocycles. The molecule has 5 nitrogen and oxygen atoms in total. The number of rotatable bonds is 4. The summed E-state index contributed by atoms with van der Waals surface area (Å²) in [7, 11) is 0.961. The van der Waals surface area contributed by atoms with Crippen LogP contribution in [0.4, 0.5) is 0 Å². The molecule has 0 spiro atoms. The molecule has 7 heteroatoms. The van der Waals surface area contributed by atoms with Gasteiger partial charge in [-0.1, -0.05) is 31.2 Å². The van der Waals surface area contributed by atoms with Gasteiger partial charge in [0.05, 0.1) is 16.9 Å². The molecule has 0 bridgehead atoms. The number of hydrogen-bond acceptors (Lipinski definition) is 4. The number of nitrogens with zero attached hydrogens (tertiary/aromatic N) is 3. The number of aromatic amines is 1. The summed E-state index contributed by atoms with van der Waals surface area (Å²) in [5.41, 5.74) is 2.46. The van der Waals surface area contributed by atoms with Gasteiger partial charge in [0.25, 0.3) is 0 Å². The van der Waals surface area contributed by atoms with E-state index in [0.29, 0.717) is 5.02 Å². The molecule has 128 valence electrons. The summed E-state index contributed by atoms with van der Waals surface area (Å²) in [4.78, 5) is 15.5. The SMILES string of the molecule is COCC[Si](C)(C)C.Clc1ccnc2[nH]cc(-c3cnccn3)c12. The summed E-state index contributed by atoms with van der Waals surface area (Å²) < 4.78 is 4.95. The van der Waals surface area contributed by atoms with Crippen LogP contribution in [0.25, 0.3) is 22.3 Å². The molecule has 0 aliphatic rings. The molecule has 0 aromatic carbocycles. The van der Waals surface area contributed by atoms with Crippen LogP contribution in [0.5, 0.6) is 0 Å². The standard InChI is InChI=1S/C11H7ClN4.C6H16OSi/c12-8-1-2-15-11-10(8)7(5-16-11)9-6-13-3-4-14-9;1-7-5-6-8(2,3)4/h1-6H,(H,15,16);5-6H2,1-4H3. The van der Waals surface area contributed by atoms with Gasteiger partial charge in [-0.25, -0.2) is 4.98 Å². The number of ether oxygens (including phenoxy) is 1. The van der Waals surface area contributed by atoms with Gasteiger partial charge in [-0.3, -0.25) is 9.97 Å². The monoisotopic (exact) mass is 362 g/mol. The summed E-state index contributed by atoms with van der Waals surface area (Å²) in [5.74, 6) is 0. The minimum absolute atomic E-state index is 0.659. The van der Waals surface area contributed by atoms with Crippen molar-refractivity contribution in [2.24, 2.45) is 0 Å². The topological polar surface area (TPSA) is 63.7 Å². The number of pyridine rings is 1. The highest BCUT2D eigenvalue weighted by Crippen LogP contribution is 2.30. The van der Waals surface area contributed by atoms with Crippen molar-refractivity contribution in [2.75, 3.05) is 13.7 Å². The predicted molar refractivity (Wildman–Crippen MR) is 102 cm³/mol. The lowest BCUT2D eigenvalue weighted by Gasteiger charge is -2.13. The largest absolute Gasteiger partial charge is 0.385 e. The minimum atomic E-state index is -0.803. The van der Waals surface area contributed by atoms with Crippen LogP contribution in [0.1, 0.15) is 0 Å². The van der Waals surface area contributed by atoms with Gasteiger partial charge in [0.1, 0.15) is 5.65 Å². The number of halogens is 1. The fourth-order valence-electron chi connectivity index (χ4n) is 2.07. The summed E-state index contributed by atoms with van der Waals surface area (Å²) in [6.45, 7) is 8.00. The van der Waals surface area contributed by atoms with E-state index in [1.165, 1.54) is 6.04 Å². The van der Waals surface area contributed by atoms with Crippen LogP contribution in [0.3, 0.4) is 0 Å². The Balaban J connectivity index is 0.000000224. The lowest BCUT2D eigenvalue weighted by atomic mass is 10.2. The van der Waals surface area contributed by atoms with Crippen molar-refractivity contribution in [3.63, 3.8) is 0 Å². The number of H-pyrrole nitrogens is 1. The predicted octanol–water partition coefficient (Wildman–Crippen LogP) is 4.64. The molecule has 0 amide bonds. The molecule has 0 aliphatic carbocycles. The van der Waals surface area contributed by atoms with Crippen LogP contribution < -0.4 is 0 Å². The maximum absolute atomic E-state index is 6.15. The van der Waals surface area contributed by atoms with Gasteiger partial charge in [0, 0.05) is 57.5 Å². The molecule has 1 N–H and O–H groups in total. The average Bonchev–Trinajstić information content (AvgIpc) is 2.99. The van der Waals surface area contributed by atoms with Gasteiger partial charge in [0.15, 0.2) is 0 Å². The maximum Gasteiger partial charge on any atom is 0.139 e. The molecule has 3 heterocycles. The second kappa shape index (κ2) is 8.37. The van der Waals surface area contributed by atoms with E-state index < -0.39 is 8.07 Å². The Labute approximate surface area is 148 Å². The second-order valence-electron chi connectivity index (χ2n) is 6.61. The minimum Gasteiger partial charge on any atom is -0.385 e. The molecular weight excluding hydrogens is 340 g/mol. The van der Waals surface area contributed by atoms with E-state index in [9.17, 15) is 0 Å². The maximum atomic E-state index is 6.15. The lowest BCUT2D eigenvalue weighted by Crippen LogP contribution is -2.21. The first-order chi connectivity index (χ1) is 11.4. The van der Waals surface area contributed by atoms with E-state index >= 15 is 0 Å². The Hall–Kier alpha value is -1.76. The third-order valence-electron chi connectivity index (χ3n) is 3.42. The number of hydrogen-bond donors (Lipinski definition) is 1. The smallest absolute Gasteiger partial charge is 0.139 e. The van der Waals surface area contributed by atoms with Gasteiger partial charge >= 0.3 is 0 Å². The van der Waals surface area contributed by atoms with Crippen LogP contribution in [-0.2, 0) is 4.74 Å². The van der Waals surface area contributed by atoms with Crippen molar-refractivity contribution < 1.29 is 4.74 Å². The summed E-state index contributed by atoms with van der Waals surface area (Å²) in [6, 6.07) is 3.04. The Morgan fingerprint density at radius 1 is 1.17 bits per heavy atom. The van der Waals surface area contributed by atoms with Crippen molar-refractivity contribution >= 4 is 30.7 Å². The van der Waals surface area contributed by atoms with Crippen LogP contribution in [-0.4, -0.2) is 41.7 Å². The Morgan fingerprint density at radius 3 is 2.54 bits per heavy atom. The number of nitrogens with one attached hydrogen (secondary N) is 1. The molecule has 3 aromatic rings. The molecule has 0 saturated carbocycles. The summed E-state index contributed by atoms with van der Waals surface area (Å²) >= 11 is 6.15. The van der Waals surface area contributed by atoms with Crippen molar-refractivity contribution in [3.05, 3.63) is 42.1 Å². The highest BCUT2D eigenvalue weighted by Gasteiger charge is 2.11. The highest BCUT2D eigenvalue weighted by atomic mass is 35.5. The molecule has 0 atom stereocenters. The number of aromatic nitrogens is 4. The molecule has 0 radical (unpaired) electrons. The normalized spacial score (nSPS) is 11.2. The van der Waals surface area contributed by atoms with E-state index in [2.05, 4.69) is 39.6 Å². The molecule has 0 saturated heterocycles. The average molecular weight is 363 g/mol. The van der Waals surface area contributed by atoms with E-state index in [1.54, 1.807) is 38.0 Å². The Kier molecular flexibility index (Phi) is 6.48. The third-order valence-corrected chi connectivity index (χ3v) is 5.44. The molecule has 24 heavy (non-hydrogen) atoms. The fourth-order valence-corrected chi connectivity index (χ4v) is 3.13. The van der Waals surface area contributed by atoms with Gasteiger partial charge < -0.3 is 9.72 Å². The molecular formula is C17H23ClN4OSi. The molecule has 0 unspecified atom stereocenters. The molecule has 3 aromatic heterocycles. The van der Waals surface area contributed by atoms with Crippen molar-refractivity contribution in [1.82, 2.24) is 19.9 Å². The van der Waals surface area contributed by atoms with E-state index in [4.69, 9.17) is 16.3 Å². The summed E-state index contributed by atoms with van der Waals surface area (Å²) in [5, 5.41) is 1.54. The van der Waals surface area contributed by atoms with Gasteiger partial charge in [0.2, 0.25) is 0 Å². The Morgan fingerprint density at radius 2 is 1.96 bits per heavy atom. The third kappa shape index (κ3) is 5.12. The van der Waals surface area contributed by atoms with Crippen molar-refractivity contribution in [2.45, 2.75) is 25.7 Å². The number of fused-ring (bicyclic) bond motifs is 1. The van der Waals surface area contributed by atoms with Gasteiger partial charge in [-0.2, -0.15) is 0 Å². The first-order valence-electron chi connectivity index (χ1n) is 7.79. The zero-order chi connectivity index (χ0) is 17.6. The first-order valence-corrected chi connectivity index (χ1v) is 11.9. The van der Waals surface area contributed by atoms with Gasteiger partial charge in [-0.15, -0.1) is 0 Å². The zero-order valence-corrected chi connectivity index (χ0v) is 16.3. The second-order valence-corrected chi connectivity index (χ2v) is 12.6. The van der Waals surface area contributed by atoms with Gasteiger partial charge in [-0.05, 0) is 12.1 Å².